The van der Waals surface area contributed by atoms with Crippen LogP contribution in [-0.4, -0.2) is 21.0 Å². The van der Waals surface area contributed by atoms with Gasteiger partial charge in [-0.05, 0) is 43.5 Å². The zero-order valence-corrected chi connectivity index (χ0v) is 11.3. The lowest BCUT2D eigenvalue weighted by Gasteiger charge is -2.26. The second-order valence-corrected chi connectivity index (χ2v) is 6.29. The number of anilines is 1. The molecule has 18 heavy (non-hydrogen) atoms. The van der Waals surface area contributed by atoms with E-state index in [1.807, 2.05) is 6.07 Å². The molecule has 2 rings (SSSR count). The lowest BCUT2D eigenvalue weighted by Crippen LogP contribution is -2.28. The number of nitrogens with two attached hydrogens (primary N) is 2. The van der Waals surface area contributed by atoms with Gasteiger partial charge >= 0.3 is 0 Å². The molecule has 1 fully saturated rings. The summed E-state index contributed by atoms with van der Waals surface area (Å²) in [5.74, 6) is 0. The van der Waals surface area contributed by atoms with Crippen molar-refractivity contribution in [2.75, 3.05) is 11.4 Å². The SMILES string of the molecule is CC1CCCN1c1ccc(S(N)(=O)=O)cc1CN. The van der Waals surface area contributed by atoms with E-state index < -0.39 is 10.0 Å². The van der Waals surface area contributed by atoms with E-state index in [0.717, 1.165) is 30.6 Å². The Morgan fingerprint density at radius 1 is 1.44 bits per heavy atom. The fourth-order valence-corrected chi connectivity index (χ4v) is 3.04. The van der Waals surface area contributed by atoms with Gasteiger partial charge in [-0.2, -0.15) is 0 Å². The zero-order chi connectivity index (χ0) is 13.3. The van der Waals surface area contributed by atoms with Crippen LogP contribution in [0.1, 0.15) is 25.3 Å². The van der Waals surface area contributed by atoms with Crippen LogP contribution in [0, 0.1) is 0 Å². The molecule has 1 atom stereocenters. The van der Waals surface area contributed by atoms with E-state index in [0.29, 0.717) is 12.6 Å². The van der Waals surface area contributed by atoms with Crippen molar-refractivity contribution in [2.45, 2.75) is 37.2 Å². The minimum Gasteiger partial charge on any atom is -0.369 e. The Morgan fingerprint density at radius 2 is 2.17 bits per heavy atom. The van der Waals surface area contributed by atoms with E-state index >= 15 is 0 Å². The number of nitrogens with zero attached hydrogens (tertiary/aromatic N) is 1. The number of hydrogen-bond acceptors (Lipinski definition) is 4. The summed E-state index contributed by atoms with van der Waals surface area (Å²) in [6.07, 6.45) is 2.31. The van der Waals surface area contributed by atoms with Crippen molar-refractivity contribution < 1.29 is 8.42 Å². The van der Waals surface area contributed by atoms with Gasteiger partial charge in [-0.3, -0.25) is 0 Å². The minimum absolute atomic E-state index is 0.124. The number of primary sulfonamides is 1. The quantitative estimate of drug-likeness (QED) is 0.848. The summed E-state index contributed by atoms with van der Waals surface area (Å²) >= 11 is 0. The Morgan fingerprint density at radius 3 is 2.67 bits per heavy atom. The largest absolute Gasteiger partial charge is 0.369 e. The molecule has 0 spiro atoms. The summed E-state index contributed by atoms with van der Waals surface area (Å²) in [6.45, 7) is 3.46. The highest BCUT2D eigenvalue weighted by Gasteiger charge is 2.23. The molecule has 0 radical (unpaired) electrons. The second-order valence-electron chi connectivity index (χ2n) is 4.72. The first-order valence-corrected chi connectivity index (χ1v) is 7.60. The first kappa shape index (κ1) is 13.3. The molecule has 1 aromatic rings. The molecule has 6 heteroatoms. The number of benzene rings is 1. The molecule has 1 aromatic carbocycles. The van der Waals surface area contributed by atoms with Crippen LogP contribution >= 0.6 is 0 Å². The molecular formula is C12H19N3O2S. The number of rotatable bonds is 3. The maximum atomic E-state index is 11.3. The fourth-order valence-electron chi connectivity index (χ4n) is 2.47. The van der Waals surface area contributed by atoms with Gasteiger partial charge < -0.3 is 10.6 Å². The molecule has 1 heterocycles. The minimum atomic E-state index is -3.66. The average Bonchev–Trinajstić information content (AvgIpc) is 2.73. The van der Waals surface area contributed by atoms with Crippen LogP contribution in [0.25, 0.3) is 0 Å². The van der Waals surface area contributed by atoms with E-state index in [2.05, 4.69) is 11.8 Å². The third-order valence-corrected chi connectivity index (χ3v) is 4.37. The zero-order valence-electron chi connectivity index (χ0n) is 10.5. The van der Waals surface area contributed by atoms with Crippen molar-refractivity contribution in [3.8, 4) is 0 Å². The molecule has 1 aliphatic heterocycles. The van der Waals surface area contributed by atoms with Gasteiger partial charge in [0.15, 0.2) is 0 Å². The molecule has 0 saturated carbocycles. The van der Waals surface area contributed by atoms with E-state index in [9.17, 15) is 8.42 Å². The first-order chi connectivity index (χ1) is 8.43. The van der Waals surface area contributed by atoms with E-state index in [4.69, 9.17) is 10.9 Å². The predicted octanol–water partition coefficient (Wildman–Crippen LogP) is 0.781. The normalized spacial score (nSPS) is 20.4. The maximum absolute atomic E-state index is 11.3. The fraction of sp³-hybridized carbons (Fsp3) is 0.500. The maximum Gasteiger partial charge on any atom is 0.238 e. The number of hydrogen-bond donors (Lipinski definition) is 2. The van der Waals surface area contributed by atoms with Crippen LogP contribution in [0.15, 0.2) is 23.1 Å². The average molecular weight is 269 g/mol. The Kier molecular flexibility index (Phi) is 3.61. The van der Waals surface area contributed by atoms with Gasteiger partial charge in [-0.15, -0.1) is 0 Å². The molecule has 4 N–H and O–H groups in total. The molecular weight excluding hydrogens is 250 g/mol. The third kappa shape index (κ3) is 2.50. The van der Waals surface area contributed by atoms with Crippen molar-refractivity contribution in [3.63, 3.8) is 0 Å². The van der Waals surface area contributed by atoms with Gasteiger partial charge in [0.05, 0.1) is 4.90 Å². The lowest BCUT2D eigenvalue weighted by atomic mass is 10.1. The molecule has 0 amide bonds. The molecule has 0 aliphatic carbocycles. The Labute approximate surface area is 108 Å². The highest BCUT2D eigenvalue weighted by atomic mass is 32.2. The lowest BCUT2D eigenvalue weighted by molar-refractivity contribution is 0.597. The van der Waals surface area contributed by atoms with E-state index in [1.54, 1.807) is 12.1 Å². The third-order valence-electron chi connectivity index (χ3n) is 3.46. The van der Waals surface area contributed by atoms with Crippen LogP contribution in [0.3, 0.4) is 0 Å². The summed E-state index contributed by atoms with van der Waals surface area (Å²) < 4.78 is 22.6. The summed E-state index contributed by atoms with van der Waals surface area (Å²) in [5.41, 5.74) is 7.57. The summed E-state index contributed by atoms with van der Waals surface area (Å²) in [5, 5.41) is 5.13. The van der Waals surface area contributed by atoms with Gasteiger partial charge in [-0.1, -0.05) is 0 Å². The molecule has 100 valence electrons. The van der Waals surface area contributed by atoms with Crippen molar-refractivity contribution in [1.82, 2.24) is 0 Å². The van der Waals surface area contributed by atoms with Crippen LogP contribution in [0.2, 0.25) is 0 Å². The summed E-state index contributed by atoms with van der Waals surface area (Å²) in [7, 11) is -3.66. The topological polar surface area (TPSA) is 89.4 Å². The Balaban J connectivity index is 2.43. The van der Waals surface area contributed by atoms with Crippen molar-refractivity contribution in [2.24, 2.45) is 10.9 Å². The monoisotopic (exact) mass is 269 g/mol. The van der Waals surface area contributed by atoms with Gasteiger partial charge in [0.25, 0.3) is 0 Å². The van der Waals surface area contributed by atoms with E-state index in [-0.39, 0.29) is 4.90 Å². The first-order valence-electron chi connectivity index (χ1n) is 6.06. The van der Waals surface area contributed by atoms with Crippen LogP contribution < -0.4 is 15.8 Å². The van der Waals surface area contributed by atoms with E-state index in [1.165, 1.54) is 0 Å². The van der Waals surface area contributed by atoms with Crippen LogP contribution in [0.5, 0.6) is 0 Å². The summed E-state index contributed by atoms with van der Waals surface area (Å²) in [6, 6.07) is 5.41. The highest BCUT2D eigenvalue weighted by Crippen LogP contribution is 2.29. The standard InChI is InChI=1S/C12H19N3O2S/c1-9-3-2-6-15(9)12-5-4-11(18(14,16)17)7-10(12)8-13/h4-5,7,9H,2-3,6,8,13H2,1H3,(H2,14,16,17). The van der Waals surface area contributed by atoms with Gasteiger partial charge in [0.1, 0.15) is 0 Å². The molecule has 1 unspecified atom stereocenters. The van der Waals surface area contributed by atoms with Gasteiger partial charge in [0, 0.05) is 24.8 Å². The number of sulfonamides is 1. The highest BCUT2D eigenvalue weighted by molar-refractivity contribution is 7.89. The Hall–Kier alpha value is -1.11. The summed E-state index contributed by atoms with van der Waals surface area (Å²) in [4.78, 5) is 2.40. The molecule has 1 saturated heterocycles. The predicted molar refractivity (Wildman–Crippen MR) is 71.7 cm³/mol. The van der Waals surface area contributed by atoms with Crippen molar-refractivity contribution in [3.05, 3.63) is 23.8 Å². The second kappa shape index (κ2) is 4.87. The molecule has 1 aliphatic rings. The van der Waals surface area contributed by atoms with Crippen molar-refractivity contribution in [1.29, 1.82) is 0 Å². The smallest absolute Gasteiger partial charge is 0.238 e. The molecule has 5 nitrogen and oxygen atoms in total. The Bertz CT molecular complexity index is 542. The molecule has 0 aromatic heterocycles. The van der Waals surface area contributed by atoms with Gasteiger partial charge in [-0.25, -0.2) is 13.6 Å². The molecule has 0 bridgehead atoms. The van der Waals surface area contributed by atoms with Crippen molar-refractivity contribution >= 4 is 15.7 Å². The van der Waals surface area contributed by atoms with Crippen LogP contribution in [0.4, 0.5) is 5.69 Å². The van der Waals surface area contributed by atoms with Crippen LogP contribution in [-0.2, 0) is 16.6 Å². The van der Waals surface area contributed by atoms with Gasteiger partial charge in [0.2, 0.25) is 10.0 Å².